The van der Waals surface area contributed by atoms with Crippen molar-refractivity contribution in [3.8, 4) is 0 Å². The Balaban J connectivity index is 2.28. The normalized spacial score (nSPS) is 18.4. The number of nitrogens with one attached hydrogen (secondary N) is 1. The summed E-state index contributed by atoms with van der Waals surface area (Å²) in [7, 11) is -3.45. The highest BCUT2D eigenvalue weighted by Gasteiger charge is 2.41. The Hall–Kier alpha value is -0.910. The molecule has 16 heavy (non-hydrogen) atoms. The van der Waals surface area contributed by atoms with Gasteiger partial charge < -0.3 is 5.11 Å². The maximum absolute atomic E-state index is 12.0. The summed E-state index contributed by atoms with van der Waals surface area (Å²) in [6.07, 6.45) is 1.76. The van der Waals surface area contributed by atoms with Gasteiger partial charge in [0.05, 0.1) is 11.5 Å². The van der Waals surface area contributed by atoms with Crippen molar-refractivity contribution in [1.29, 1.82) is 0 Å². The standard InChI is InChI=1S/C11H15NO3S/c1-11(5-6-11)12-16(14,15)10-4-2-3-9(7-10)8-13/h2-4,7,12-13H,5-6,8H2,1H3. The number of rotatable bonds is 4. The smallest absolute Gasteiger partial charge is 0.241 e. The molecule has 0 atom stereocenters. The zero-order valence-corrected chi connectivity index (χ0v) is 9.92. The maximum Gasteiger partial charge on any atom is 0.241 e. The third-order valence-electron chi connectivity index (χ3n) is 2.77. The second-order valence-electron chi connectivity index (χ2n) is 4.47. The molecule has 1 saturated carbocycles. The van der Waals surface area contributed by atoms with Crippen LogP contribution in [0, 0.1) is 0 Å². The van der Waals surface area contributed by atoms with Crippen molar-refractivity contribution in [2.75, 3.05) is 0 Å². The van der Waals surface area contributed by atoms with E-state index in [9.17, 15) is 8.42 Å². The fraction of sp³-hybridized carbons (Fsp3) is 0.455. The summed E-state index contributed by atoms with van der Waals surface area (Å²) in [5.41, 5.74) is 0.331. The summed E-state index contributed by atoms with van der Waals surface area (Å²) >= 11 is 0. The highest BCUT2D eigenvalue weighted by atomic mass is 32.2. The van der Waals surface area contributed by atoms with Crippen molar-refractivity contribution in [3.63, 3.8) is 0 Å². The Kier molecular flexibility index (Phi) is 2.77. The van der Waals surface area contributed by atoms with Crippen LogP contribution in [0.2, 0.25) is 0 Å². The molecule has 1 aromatic carbocycles. The van der Waals surface area contributed by atoms with Crippen molar-refractivity contribution in [2.45, 2.75) is 36.8 Å². The molecule has 5 heteroatoms. The molecule has 0 aromatic heterocycles. The van der Waals surface area contributed by atoms with Gasteiger partial charge in [-0.1, -0.05) is 12.1 Å². The van der Waals surface area contributed by atoms with Gasteiger partial charge in [0.1, 0.15) is 0 Å². The molecule has 0 bridgehead atoms. The summed E-state index contributed by atoms with van der Waals surface area (Å²) in [4.78, 5) is 0.215. The topological polar surface area (TPSA) is 66.4 Å². The second-order valence-corrected chi connectivity index (χ2v) is 6.15. The predicted molar refractivity (Wildman–Crippen MR) is 60.3 cm³/mol. The molecule has 1 fully saturated rings. The van der Waals surface area contributed by atoms with Crippen LogP contribution in [0.4, 0.5) is 0 Å². The zero-order chi connectivity index (χ0) is 11.8. The van der Waals surface area contributed by atoms with Gasteiger partial charge in [-0.25, -0.2) is 13.1 Å². The van der Waals surface area contributed by atoms with E-state index < -0.39 is 10.0 Å². The van der Waals surface area contributed by atoms with Gasteiger partial charge in [-0.2, -0.15) is 0 Å². The molecule has 4 nitrogen and oxygen atoms in total. The number of hydrogen-bond donors (Lipinski definition) is 2. The third-order valence-corrected chi connectivity index (χ3v) is 4.41. The van der Waals surface area contributed by atoms with E-state index >= 15 is 0 Å². The van der Waals surface area contributed by atoms with E-state index in [0.717, 1.165) is 12.8 Å². The van der Waals surface area contributed by atoms with Crippen molar-refractivity contribution >= 4 is 10.0 Å². The van der Waals surface area contributed by atoms with Crippen molar-refractivity contribution < 1.29 is 13.5 Å². The van der Waals surface area contributed by atoms with E-state index in [1.54, 1.807) is 12.1 Å². The van der Waals surface area contributed by atoms with Crippen LogP contribution in [-0.4, -0.2) is 19.1 Å². The molecular formula is C11H15NO3S. The second kappa shape index (κ2) is 3.84. The summed E-state index contributed by atoms with van der Waals surface area (Å²) in [6, 6.07) is 6.36. The van der Waals surface area contributed by atoms with Crippen molar-refractivity contribution in [3.05, 3.63) is 29.8 Å². The first kappa shape index (κ1) is 11.6. The van der Waals surface area contributed by atoms with Gasteiger partial charge in [-0.05, 0) is 37.5 Å². The van der Waals surface area contributed by atoms with Crippen molar-refractivity contribution in [2.24, 2.45) is 0 Å². The first-order valence-electron chi connectivity index (χ1n) is 5.19. The molecular weight excluding hydrogens is 226 g/mol. The molecule has 0 unspecified atom stereocenters. The van der Waals surface area contributed by atoms with E-state index in [0.29, 0.717) is 5.56 Å². The van der Waals surface area contributed by atoms with Crippen LogP contribution in [0.3, 0.4) is 0 Å². The number of sulfonamides is 1. The predicted octanol–water partition coefficient (Wildman–Crippen LogP) is 1.01. The van der Waals surface area contributed by atoms with Gasteiger partial charge in [0.25, 0.3) is 0 Å². The number of aliphatic hydroxyl groups is 1. The number of aliphatic hydroxyl groups excluding tert-OH is 1. The molecule has 1 aliphatic rings. The summed E-state index contributed by atoms with van der Waals surface area (Å²) in [5, 5.41) is 8.96. The molecule has 0 heterocycles. The first-order valence-corrected chi connectivity index (χ1v) is 6.67. The van der Waals surface area contributed by atoms with Gasteiger partial charge in [0.2, 0.25) is 10.0 Å². The zero-order valence-electron chi connectivity index (χ0n) is 9.10. The SMILES string of the molecule is CC1(NS(=O)(=O)c2cccc(CO)c2)CC1. The fourth-order valence-electron chi connectivity index (χ4n) is 1.48. The molecule has 0 spiro atoms. The largest absolute Gasteiger partial charge is 0.392 e. The van der Waals surface area contributed by atoms with E-state index in [4.69, 9.17) is 5.11 Å². The van der Waals surface area contributed by atoms with Crippen LogP contribution in [0.15, 0.2) is 29.2 Å². The molecule has 0 radical (unpaired) electrons. The Morgan fingerprint density at radius 3 is 2.69 bits per heavy atom. The van der Waals surface area contributed by atoms with Crippen LogP contribution in [0.25, 0.3) is 0 Å². The third kappa shape index (κ3) is 2.42. The average Bonchev–Trinajstić information content (AvgIpc) is 2.95. The lowest BCUT2D eigenvalue weighted by Gasteiger charge is -2.12. The molecule has 0 amide bonds. The van der Waals surface area contributed by atoms with Gasteiger partial charge >= 0.3 is 0 Å². The van der Waals surface area contributed by atoms with Crippen LogP contribution in [0.1, 0.15) is 25.3 Å². The highest BCUT2D eigenvalue weighted by molar-refractivity contribution is 7.89. The Morgan fingerprint density at radius 1 is 1.44 bits per heavy atom. The minimum atomic E-state index is -3.45. The fourth-order valence-corrected chi connectivity index (χ4v) is 3.02. The van der Waals surface area contributed by atoms with Crippen LogP contribution < -0.4 is 4.72 Å². The first-order chi connectivity index (χ1) is 7.45. The Bertz CT molecular complexity index is 492. The van der Waals surface area contributed by atoms with E-state index in [2.05, 4.69) is 4.72 Å². The lowest BCUT2D eigenvalue weighted by atomic mass is 10.2. The monoisotopic (exact) mass is 241 g/mol. The van der Waals surface area contributed by atoms with Crippen molar-refractivity contribution in [1.82, 2.24) is 4.72 Å². The van der Waals surface area contributed by atoms with E-state index in [1.807, 2.05) is 6.92 Å². The summed E-state index contributed by atoms with van der Waals surface area (Å²) in [6.45, 7) is 1.74. The van der Waals surface area contributed by atoms with Gasteiger partial charge in [0, 0.05) is 5.54 Å². The van der Waals surface area contributed by atoms with E-state index in [-0.39, 0.29) is 17.0 Å². The lowest BCUT2D eigenvalue weighted by Crippen LogP contribution is -2.34. The van der Waals surface area contributed by atoms with Gasteiger partial charge in [-0.3, -0.25) is 0 Å². The van der Waals surface area contributed by atoms with E-state index in [1.165, 1.54) is 12.1 Å². The summed E-state index contributed by atoms with van der Waals surface area (Å²) < 4.78 is 26.6. The molecule has 2 N–H and O–H groups in total. The van der Waals surface area contributed by atoms with Crippen LogP contribution in [-0.2, 0) is 16.6 Å². The molecule has 1 aliphatic carbocycles. The highest BCUT2D eigenvalue weighted by Crippen LogP contribution is 2.35. The van der Waals surface area contributed by atoms with Crippen LogP contribution in [0.5, 0.6) is 0 Å². The summed E-state index contributed by atoms with van der Waals surface area (Å²) in [5.74, 6) is 0. The minimum Gasteiger partial charge on any atom is -0.392 e. The average molecular weight is 241 g/mol. The molecule has 88 valence electrons. The molecule has 0 aliphatic heterocycles. The lowest BCUT2D eigenvalue weighted by molar-refractivity contribution is 0.281. The van der Waals surface area contributed by atoms with Crippen LogP contribution >= 0.6 is 0 Å². The molecule has 2 rings (SSSR count). The Labute approximate surface area is 95.4 Å². The molecule has 1 aromatic rings. The maximum atomic E-state index is 12.0. The minimum absolute atomic E-state index is 0.152. The Morgan fingerprint density at radius 2 is 2.12 bits per heavy atom. The molecule has 0 saturated heterocycles. The quantitative estimate of drug-likeness (QED) is 0.826. The van der Waals surface area contributed by atoms with Gasteiger partial charge in [-0.15, -0.1) is 0 Å². The number of hydrogen-bond acceptors (Lipinski definition) is 3. The number of benzene rings is 1. The van der Waals surface area contributed by atoms with Gasteiger partial charge in [0.15, 0.2) is 0 Å².